The number of fused-ring (bicyclic) bond motifs is 2. The van der Waals surface area contributed by atoms with Gasteiger partial charge in [0, 0.05) is 17.0 Å². The summed E-state index contributed by atoms with van der Waals surface area (Å²) in [7, 11) is 0. The lowest BCUT2D eigenvalue weighted by Gasteiger charge is -2.21. The van der Waals surface area contributed by atoms with Crippen molar-refractivity contribution in [3.63, 3.8) is 0 Å². The molecule has 2 N–H and O–H groups in total. The topological polar surface area (TPSA) is 56.0 Å². The number of nitrogens with zero attached hydrogens (tertiary/aromatic N) is 1. The van der Waals surface area contributed by atoms with Crippen LogP contribution >= 0.6 is 11.3 Å². The largest absolute Gasteiger partial charge is 0.397 e. The van der Waals surface area contributed by atoms with Crippen LogP contribution in [0.4, 0.5) is 5.69 Å². The highest BCUT2D eigenvalue weighted by Crippen LogP contribution is 2.43. The zero-order chi connectivity index (χ0) is 16.1. The van der Waals surface area contributed by atoms with Crippen LogP contribution in [0.1, 0.15) is 66.0 Å². The molecule has 23 heavy (non-hydrogen) atoms. The van der Waals surface area contributed by atoms with E-state index in [1.807, 2.05) is 0 Å². The number of rotatable bonds is 4. The van der Waals surface area contributed by atoms with Gasteiger partial charge in [-0.25, -0.2) is 4.98 Å². The molecule has 2 aliphatic carbocycles. The Morgan fingerprint density at radius 2 is 2.04 bits per heavy atom. The number of aryl methyl sites for hydroxylation is 1. The highest BCUT2D eigenvalue weighted by Gasteiger charge is 2.34. The monoisotopic (exact) mass is 328 g/mol. The second kappa shape index (κ2) is 5.59. The number of anilines is 1. The van der Waals surface area contributed by atoms with Gasteiger partial charge in [-0.3, -0.25) is 4.79 Å². The van der Waals surface area contributed by atoms with Crippen molar-refractivity contribution >= 4 is 33.0 Å². The minimum Gasteiger partial charge on any atom is -0.397 e. The van der Waals surface area contributed by atoms with Crippen LogP contribution in [0.25, 0.3) is 10.2 Å². The fraction of sp³-hybridized carbons (Fsp3) is 0.579. The molecular formula is C19H24N2OS. The fourth-order valence-electron chi connectivity index (χ4n) is 3.76. The SMILES string of the molecule is CC(C)Cc1c2c(nc3sc(C(=O)C4CC4)c(N)c13)CCCC2. The quantitative estimate of drug-likeness (QED) is 0.838. The van der Waals surface area contributed by atoms with Gasteiger partial charge in [-0.2, -0.15) is 0 Å². The molecule has 0 aromatic carbocycles. The maximum Gasteiger partial charge on any atom is 0.178 e. The van der Waals surface area contributed by atoms with E-state index in [0.29, 0.717) is 11.6 Å². The van der Waals surface area contributed by atoms with Crippen LogP contribution in [0, 0.1) is 11.8 Å². The van der Waals surface area contributed by atoms with E-state index < -0.39 is 0 Å². The number of pyridine rings is 1. The molecule has 0 aliphatic heterocycles. The van der Waals surface area contributed by atoms with Gasteiger partial charge in [-0.15, -0.1) is 11.3 Å². The lowest BCUT2D eigenvalue weighted by molar-refractivity contribution is 0.0972. The highest BCUT2D eigenvalue weighted by atomic mass is 32.1. The van der Waals surface area contributed by atoms with Gasteiger partial charge in [0.25, 0.3) is 0 Å². The fourth-order valence-corrected chi connectivity index (χ4v) is 4.92. The van der Waals surface area contributed by atoms with Gasteiger partial charge in [0.05, 0.1) is 10.6 Å². The van der Waals surface area contributed by atoms with E-state index in [1.54, 1.807) is 0 Å². The minimum atomic E-state index is 0.216. The molecule has 3 nitrogen and oxygen atoms in total. The number of Topliss-reactive ketones (excluding diaryl/α,β-unsaturated/α-hetero) is 1. The number of ketones is 1. The summed E-state index contributed by atoms with van der Waals surface area (Å²) in [4.78, 5) is 19.2. The van der Waals surface area contributed by atoms with Gasteiger partial charge in [0.15, 0.2) is 5.78 Å². The van der Waals surface area contributed by atoms with Crippen LogP contribution in [0.15, 0.2) is 0 Å². The summed E-state index contributed by atoms with van der Waals surface area (Å²) in [6.45, 7) is 4.50. The molecule has 2 heterocycles. The van der Waals surface area contributed by atoms with Crippen LogP contribution in [0.2, 0.25) is 0 Å². The molecular weight excluding hydrogens is 304 g/mol. The molecule has 2 aromatic rings. The van der Waals surface area contributed by atoms with Crippen molar-refractivity contribution in [3.05, 3.63) is 21.7 Å². The standard InChI is InChI=1S/C19H24N2OS/c1-10(2)9-13-12-5-3-4-6-14(12)21-19-15(13)16(20)18(23-19)17(22)11-7-8-11/h10-11H,3-9,20H2,1-2H3. The molecule has 2 aromatic heterocycles. The van der Waals surface area contributed by atoms with Crippen molar-refractivity contribution in [3.8, 4) is 0 Å². The van der Waals surface area contributed by atoms with Crippen molar-refractivity contribution in [2.45, 2.75) is 58.8 Å². The molecule has 0 atom stereocenters. The Balaban J connectivity index is 1.94. The maximum absolute atomic E-state index is 12.6. The summed E-state index contributed by atoms with van der Waals surface area (Å²) in [5.41, 5.74) is 11.2. The molecule has 4 heteroatoms. The summed E-state index contributed by atoms with van der Waals surface area (Å²) in [5.74, 6) is 1.04. The van der Waals surface area contributed by atoms with Gasteiger partial charge >= 0.3 is 0 Å². The Morgan fingerprint density at radius 1 is 1.30 bits per heavy atom. The summed E-state index contributed by atoms with van der Waals surface area (Å²) in [5, 5.41) is 1.09. The lowest BCUT2D eigenvalue weighted by atomic mass is 9.87. The highest BCUT2D eigenvalue weighted by molar-refractivity contribution is 7.21. The molecule has 1 fully saturated rings. The number of thiophene rings is 1. The van der Waals surface area contributed by atoms with Crippen LogP contribution in [-0.4, -0.2) is 10.8 Å². The Labute approximate surface area is 141 Å². The van der Waals surface area contributed by atoms with Crippen molar-refractivity contribution in [2.24, 2.45) is 11.8 Å². The molecule has 1 saturated carbocycles. The van der Waals surface area contributed by atoms with E-state index in [9.17, 15) is 4.79 Å². The summed E-state index contributed by atoms with van der Waals surface area (Å²) >= 11 is 1.53. The summed E-state index contributed by atoms with van der Waals surface area (Å²) < 4.78 is 0. The molecule has 0 saturated heterocycles. The van der Waals surface area contributed by atoms with Gasteiger partial charge in [0.2, 0.25) is 0 Å². The number of nitrogen functional groups attached to an aromatic ring is 1. The van der Waals surface area contributed by atoms with E-state index in [4.69, 9.17) is 10.7 Å². The minimum absolute atomic E-state index is 0.216. The maximum atomic E-state index is 12.6. The van der Waals surface area contributed by atoms with E-state index in [2.05, 4.69) is 13.8 Å². The zero-order valence-corrected chi connectivity index (χ0v) is 14.8. The van der Waals surface area contributed by atoms with Crippen LogP contribution in [0.5, 0.6) is 0 Å². The van der Waals surface area contributed by atoms with Gasteiger partial charge in [-0.1, -0.05) is 13.8 Å². The zero-order valence-electron chi connectivity index (χ0n) is 13.9. The molecule has 0 radical (unpaired) electrons. The third-order valence-electron chi connectivity index (χ3n) is 5.05. The molecule has 0 spiro atoms. The number of aromatic nitrogens is 1. The number of carbonyl (C=O) groups excluding carboxylic acids is 1. The number of carbonyl (C=O) groups is 1. The van der Waals surface area contributed by atoms with Crippen molar-refractivity contribution < 1.29 is 4.79 Å². The Kier molecular flexibility index (Phi) is 3.67. The van der Waals surface area contributed by atoms with Crippen molar-refractivity contribution in [2.75, 3.05) is 5.73 Å². The second-order valence-corrected chi connectivity index (χ2v) is 8.48. The molecule has 0 bridgehead atoms. The Hall–Kier alpha value is -1.42. The average molecular weight is 328 g/mol. The van der Waals surface area contributed by atoms with Crippen molar-refractivity contribution in [1.29, 1.82) is 0 Å². The first-order chi connectivity index (χ1) is 11.1. The normalized spacial score (nSPS) is 17.7. The predicted molar refractivity (Wildman–Crippen MR) is 96.3 cm³/mol. The lowest BCUT2D eigenvalue weighted by Crippen LogP contribution is -2.11. The Morgan fingerprint density at radius 3 is 2.74 bits per heavy atom. The van der Waals surface area contributed by atoms with E-state index in [0.717, 1.165) is 47.2 Å². The number of hydrogen-bond acceptors (Lipinski definition) is 4. The van der Waals surface area contributed by atoms with Crippen molar-refractivity contribution in [1.82, 2.24) is 4.98 Å². The van der Waals surface area contributed by atoms with Gasteiger partial charge < -0.3 is 5.73 Å². The third-order valence-corrected chi connectivity index (χ3v) is 6.17. The van der Waals surface area contributed by atoms with E-state index in [-0.39, 0.29) is 11.7 Å². The van der Waals surface area contributed by atoms with Gasteiger partial charge in [-0.05, 0) is 62.0 Å². The number of hydrogen-bond donors (Lipinski definition) is 1. The van der Waals surface area contributed by atoms with E-state index in [1.165, 1.54) is 41.0 Å². The molecule has 122 valence electrons. The first-order valence-electron chi connectivity index (χ1n) is 8.83. The number of nitrogens with two attached hydrogens (primary N) is 1. The second-order valence-electron chi connectivity index (χ2n) is 7.48. The van der Waals surface area contributed by atoms with Crippen LogP contribution < -0.4 is 5.73 Å². The average Bonchev–Trinajstić information content (AvgIpc) is 3.31. The van der Waals surface area contributed by atoms with Crippen LogP contribution in [-0.2, 0) is 19.3 Å². The molecule has 0 unspecified atom stereocenters. The third kappa shape index (κ3) is 2.57. The molecule has 4 rings (SSSR count). The van der Waals surface area contributed by atoms with Gasteiger partial charge in [0.1, 0.15) is 4.83 Å². The smallest absolute Gasteiger partial charge is 0.178 e. The first-order valence-corrected chi connectivity index (χ1v) is 9.64. The first kappa shape index (κ1) is 15.1. The molecule has 2 aliphatic rings. The summed E-state index contributed by atoms with van der Waals surface area (Å²) in [6, 6.07) is 0. The molecule has 0 amide bonds. The van der Waals surface area contributed by atoms with Crippen LogP contribution in [0.3, 0.4) is 0 Å². The Bertz CT molecular complexity index is 786. The summed E-state index contributed by atoms with van der Waals surface area (Å²) in [6.07, 6.45) is 7.72. The predicted octanol–water partition coefficient (Wildman–Crippen LogP) is 4.55. The van der Waals surface area contributed by atoms with E-state index >= 15 is 0 Å².